The zero-order chi connectivity index (χ0) is 16.0. The Bertz CT molecular complexity index is 568. The van der Waals surface area contributed by atoms with E-state index in [1.54, 1.807) is 6.92 Å². The van der Waals surface area contributed by atoms with Gasteiger partial charge in [0, 0.05) is 6.54 Å². The molecule has 2 N–H and O–H groups in total. The summed E-state index contributed by atoms with van der Waals surface area (Å²) >= 11 is 5.70. The van der Waals surface area contributed by atoms with E-state index in [9.17, 15) is 22.3 Å². The van der Waals surface area contributed by atoms with E-state index in [0.717, 1.165) is 18.2 Å². The molecule has 1 atom stereocenters. The summed E-state index contributed by atoms with van der Waals surface area (Å²) in [5.74, 6) is -0.299. The summed E-state index contributed by atoms with van der Waals surface area (Å²) in [6, 6.07) is 3.20. The number of hydrogen-bond donors (Lipinski definition) is 2. The smallest absolute Gasteiger partial charge is 0.387 e. The molecule has 1 aromatic carbocycles. The maximum atomic E-state index is 12.1. The molecule has 0 heterocycles. The number of benzene rings is 1. The van der Waals surface area contributed by atoms with Crippen LogP contribution >= 0.6 is 11.6 Å². The summed E-state index contributed by atoms with van der Waals surface area (Å²) in [4.78, 5) is -0.167. The van der Waals surface area contributed by atoms with Gasteiger partial charge in [0.2, 0.25) is 10.0 Å². The van der Waals surface area contributed by atoms with Crippen LogP contribution in [0, 0.1) is 0 Å². The molecule has 0 aromatic heterocycles. The van der Waals surface area contributed by atoms with Crippen molar-refractivity contribution < 1.29 is 27.0 Å². The molecule has 0 aliphatic rings. The lowest BCUT2D eigenvalue weighted by Gasteiger charge is -2.11. The van der Waals surface area contributed by atoms with Gasteiger partial charge in [0.1, 0.15) is 5.75 Å². The maximum Gasteiger partial charge on any atom is 0.387 e. The summed E-state index contributed by atoms with van der Waals surface area (Å²) in [6.45, 7) is -1.20. The molecule has 21 heavy (non-hydrogen) atoms. The predicted octanol–water partition coefficient (Wildman–Crippen LogP) is 2.38. The first-order valence-corrected chi connectivity index (χ1v) is 8.04. The Morgan fingerprint density at radius 2 is 2.10 bits per heavy atom. The van der Waals surface area contributed by atoms with Crippen LogP contribution in [0.2, 0.25) is 5.02 Å². The number of nitrogens with one attached hydrogen (secondary N) is 1. The van der Waals surface area contributed by atoms with Crippen LogP contribution in [0.25, 0.3) is 0 Å². The zero-order valence-electron chi connectivity index (χ0n) is 11.2. The number of halogens is 3. The average molecular weight is 344 g/mol. The molecule has 1 aromatic rings. The number of ether oxygens (including phenoxy) is 1. The molecule has 9 heteroatoms. The lowest BCUT2D eigenvalue weighted by molar-refractivity contribution is -0.0498. The van der Waals surface area contributed by atoms with Gasteiger partial charge in [-0.15, -0.1) is 0 Å². The van der Waals surface area contributed by atoms with Gasteiger partial charge < -0.3 is 9.84 Å². The van der Waals surface area contributed by atoms with Gasteiger partial charge in [-0.2, -0.15) is 8.78 Å². The predicted molar refractivity (Wildman–Crippen MR) is 74.2 cm³/mol. The molecular formula is C12H16ClF2NO4S. The van der Waals surface area contributed by atoms with Crippen molar-refractivity contribution in [3.8, 4) is 5.75 Å². The second-order valence-electron chi connectivity index (χ2n) is 4.22. The first-order chi connectivity index (χ1) is 9.76. The number of aliphatic hydroxyl groups is 1. The topological polar surface area (TPSA) is 75.6 Å². The summed E-state index contributed by atoms with van der Waals surface area (Å²) in [5.41, 5.74) is 0. The third-order valence-electron chi connectivity index (χ3n) is 2.67. The van der Waals surface area contributed by atoms with Gasteiger partial charge in [-0.25, -0.2) is 13.1 Å². The Labute approximate surface area is 126 Å². The fourth-order valence-electron chi connectivity index (χ4n) is 1.49. The Morgan fingerprint density at radius 1 is 1.43 bits per heavy atom. The van der Waals surface area contributed by atoms with Crippen LogP contribution in [0.5, 0.6) is 5.75 Å². The summed E-state index contributed by atoms with van der Waals surface area (Å²) in [5, 5.41) is 9.12. The van der Waals surface area contributed by atoms with Crippen molar-refractivity contribution in [3.63, 3.8) is 0 Å². The van der Waals surface area contributed by atoms with Crippen LogP contribution in [0.1, 0.15) is 19.8 Å². The van der Waals surface area contributed by atoms with Gasteiger partial charge >= 0.3 is 6.61 Å². The van der Waals surface area contributed by atoms with Crippen LogP contribution in [0.4, 0.5) is 8.78 Å². The zero-order valence-corrected chi connectivity index (χ0v) is 12.8. The van der Waals surface area contributed by atoms with Crippen molar-refractivity contribution in [2.75, 3.05) is 6.54 Å². The van der Waals surface area contributed by atoms with Gasteiger partial charge in [0.15, 0.2) is 0 Å². The number of rotatable bonds is 8. The van der Waals surface area contributed by atoms with E-state index in [-0.39, 0.29) is 28.6 Å². The van der Waals surface area contributed by atoms with E-state index in [1.165, 1.54) is 0 Å². The summed E-state index contributed by atoms with van der Waals surface area (Å²) in [7, 11) is -3.82. The highest BCUT2D eigenvalue weighted by atomic mass is 35.5. The van der Waals surface area contributed by atoms with Crippen LogP contribution < -0.4 is 9.46 Å². The van der Waals surface area contributed by atoms with Crippen molar-refractivity contribution in [1.29, 1.82) is 0 Å². The normalized spacial score (nSPS) is 13.4. The number of hydrogen-bond acceptors (Lipinski definition) is 4. The van der Waals surface area contributed by atoms with Gasteiger partial charge in [-0.05, 0) is 31.0 Å². The van der Waals surface area contributed by atoms with E-state index in [4.69, 9.17) is 11.6 Å². The lowest BCUT2D eigenvalue weighted by atomic mass is 10.2. The maximum absolute atomic E-state index is 12.1. The highest BCUT2D eigenvalue weighted by molar-refractivity contribution is 7.89. The molecule has 0 spiro atoms. The highest BCUT2D eigenvalue weighted by Crippen LogP contribution is 2.28. The molecule has 0 bridgehead atoms. The monoisotopic (exact) mass is 343 g/mol. The fourth-order valence-corrected chi connectivity index (χ4v) is 2.85. The Balaban J connectivity index is 2.77. The minimum atomic E-state index is -3.82. The molecule has 0 amide bonds. The highest BCUT2D eigenvalue weighted by Gasteiger charge is 2.17. The van der Waals surface area contributed by atoms with Crippen molar-refractivity contribution in [2.24, 2.45) is 0 Å². The van der Waals surface area contributed by atoms with E-state index in [1.807, 2.05) is 0 Å². The Hall–Kier alpha value is -0.960. The fraction of sp³-hybridized carbons (Fsp3) is 0.500. The molecule has 5 nitrogen and oxygen atoms in total. The van der Waals surface area contributed by atoms with Crippen LogP contribution in [-0.2, 0) is 10.0 Å². The van der Waals surface area contributed by atoms with Crippen molar-refractivity contribution in [2.45, 2.75) is 37.4 Å². The minimum Gasteiger partial charge on any atom is -0.433 e. The van der Waals surface area contributed by atoms with E-state index < -0.39 is 22.7 Å². The van der Waals surface area contributed by atoms with E-state index >= 15 is 0 Å². The first-order valence-electron chi connectivity index (χ1n) is 6.18. The second-order valence-corrected chi connectivity index (χ2v) is 6.39. The third kappa shape index (κ3) is 5.74. The molecule has 0 saturated carbocycles. The number of aliphatic hydroxyl groups excluding tert-OH is 1. The van der Waals surface area contributed by atoms with E-state index in [0.29, 0.717) is 6.42 Å². The van der Waals surface area contributed by atoms with Gasteiger partial charge in [-0.1, -0.05) is 18.5 Å². The summed E-state index contributed by atoms with van der Waals surface area (Å²) < 4.78 is 54.5. The molecule has 120 valence electrons. The molecule has 0 aliphatic heterocycles. The van der Waals surface area contributed by atoms with Crippen molar-refractivity contribution in [1.82, 2.24) is 4.72 Å². The average Bonchev–Trinajstić information content (AvgIpc) is 2.40. The molecule has 1 unspecified atom stereocenters. The largest absolute Gasteiger partial charge is 0.433 e. The quantitative estimate of drug-likeness (QED) is 0.760. The molecule has 0 fully saturated rings. The van der Waals surface area contributed by atoms with Gasteiger partial charge in [0.25, 0.3) is 0 Å². The van der Waals surface area contributed by atoms with Crippen LogP contribution in [0.3, 0.4) is 0 Å². The molecular weight excluding hydrogens is 328 g/mol. The molecule has 0 aliphatic carbocycles. The Kier molecular flexibility index (Phi) is 6.79. The van der Waals surface area contributed by atoms with E-state index in [2.05, 4.69) is 9.46 Å². The molecule has 1 rings (SSSR count). The number of alkyl halides is 2. The van der Waals surface area contributed by atoms with Crippen LogP contribution in [-0.4, -0.2) is 32.8 Å². The third-order valence-corrected chi connectivity index (χ3v) is 4.42. The lowest BCUT2D eigenvalue weighted by Crippen LogP contribution is -2.27. The molecule has 0 saturated heterocycles. The number of sulfonamides is 1. The minimum absolute atomic E-state index is 0.0598. The van der Waals surface area contributed by atoms with Crippen molar-refractivity contribution in [3.05, 3.63) is 23.2 Å². The van der Waals surface area contributed by atoms with Gasteiger partial charge in [0.05, 0.1) is 16.0 Å². The van der Waals surface area contributed by atoms with Gasteiger partial charge in [-0.3, -0.25) is 0 Å². The van der Waals surface area contributed by atoms with Crippen molar-refractivity contribution >= 4 is 21.6 Å². The summed E-state index contributed by atoms with van der Waals surface area (Å²) in [6.07, 6.45) is 0.210. The Morgan fingerprint density at radius 3 is 2.62 bits per heavy atom. The molecule has 0 radical (unpaired) electrons. The van der Waals surface area contributed by atoms with Crippen LogP contribution in [0.15, 0.2) is 23.1 Å². The first kappa shape index (κ1) is 18.1. The SMILES string of the molecule is CCC(O)CCNS(=O)(=O)c1ccc(OC(F)F)c(Cl)c1. The second kappa shape index (κ2) is 7.88. The standard InChI is InChI=1S/C12H16ClF2NO4S/c1-2-8(17)5-6-16-21(18,19)9-3-4-11(10(13)7-9)20-12(14)15/h3-4,7-8,12,16-17H,2,5-6H2,1H3.